The first-order chi connectivity index (χ1) is 15.8. The number of aryl methyl sites for hydroxylation is 1. The molecule has 1 N–H and O–H groups in total. The molecule has 0 radical (unpaired) electrons. The first-order valence-electron chi connectivity index (χ1n) is 10.4. The summed E-state index contributed by atoms with van der Waals surface area (Å²) in [5.74, 6) is 1.54. The van der Waals surface area contributed by atoms with Gasteiger partial charge in [-0.05, 0) is 42.3 Å². The van der Waals surface area contributed by atoms with E-state index in [1.54, 1.807) is 56.9 Å². The maximum absolute atomic E-state index is 13.3. The second-order valence-electron chi connectivity index (χ2n) is 7.74. The summed E-state index contributed by atoms with van der Waals surface area (Å²) in [7, 11) is 1.62. The average Bonchev–Trinajstić information content (AvgIpc) is 3.40. The van der Waals surface area contributed by atoms with Crippen molar-refractivity contribution in [1.29, 1.82) is 0 Å². The van der Waals surface area contributed by atoms with Crippen LogP contribution in [-0.4, -0.2) is 50.4 Å². The molecule has 1 amide bonds. The van der Waals surface area contributed by atoms with Gasteiger partial charge in [-0.1, -0.05) is 6.07 Å². The van der Waals surface area contributed by atoms with Gasteiger partial charge in [0.15, 0.2) is 0 Å². The molecular formula is C23H26N4O5S. The van der Waals surface area contributed by atoms with Crippen molar-refractivity contribution in [3.8, 4) is 11.5 Å². The lowest BCUT2D eigenvalue weighted by Gasteiger charge is -2.21. The number of nitrogens with one attached hydrogen (secondary N) is 1. The SMILES string of the molecule is COc1cc(OC)cc([C@H](NC(=O)c2cccc(N3CCCS3(=O)=O)c2)c2nccn2C)c1. The molecule has 2 aromatic carbocycles. The molecule has 33 heavy (non-hydrogen) atoms. The number of amides is 1. The van der Waals surface area contributed by atoms with Gasteiger partial charge >= 0.3 is 0 Å². The zero-order valence-electron chi connectivity index (χ0n) is 18.7. The third-order valence-corrected chi connectivity index (χ3v) is 7.46. The van der Waals surface area contributed by atoms with Gasteiger partial charge in [0.1, 0.15) is 23.4 Å². The van der Waals surface area contributed by atoms with Gasteiger partial charge in [0, 0.05) is 37.6 Å². The van der Waals surface area contributed by atoms with E-state index in [-0.39, 0.29) is 11.7 Å². The first kappa shape index (κ1) is 22.7. The van der Waals surface area contributed by atoms with Crippen LogP contribution >= 0.6 is 0 Å². The summed E-state index contributed by atoms with van der Waals surface area (Å²) in [6.07, 6.45) is 4.02. The van der Waals surface area contributed by atoms with Crippen LogP contribution in [0.15, 0.2) is 54.9 Å². The number of imidazole rings is 1. The highest BCUT2D eigenvalue weighted by Crippen LogP contribution is 2.30. The van der Waals surface area contributed by atoms with Crippen molar-refractivity contribution < 1.29 is 22.7 Å². The van der Waals surface area contributed by atoms with Crippen molar-refractivity contribution >= 4 is 21.6 Å². The van der Waals surface area contributed by atoms with Gasteiger partial charge < -0.3 is 19.4 Å². The Bertz CT molecular complexity index is 1250. The minimum Gasteiger partial charge on any atom is -0.497 e. The monoisotopic (exact) mass is 470 g/mol. The number of anilines is 1. The van der Waals surface area contributed by atoms with E-state index in [0.717, 1.165) is 5.56 Å². The molecule has 9 nitrogen and oxygen atoms in total. The standard InChI is InChI=1S/C23H26N4O5S/c1-26-10-8-24-22(26)21(17-13-19(31-2)15-20(14-17)32-3)25-23(28)16-6-4-7-18(12-16)27-9-5-11-33(27,29)30/h4,6-8,10,12-15,21H,5,9,11H2,1-3H3,(H,25,28)/t21-/m0/s1. The Hall–Kier alpha value is -3.53. The lowest BCUT2D eigenvalue weighted by Crippen LogP contribution is -2.31. The quantitative estimate of drug-likeness (QED) is 0.569. The van der Waals surface area contributed by atoms with Crippen molar-refractivity contribution in [3.63, 3.8) is 0 Å². The van der Waals surface area contributed by atoms with Crippen LogP contribution in [0.1, 0.15) is 34.2 Å². The molecule has 1 aliphatic heterocycles. The van der Waals surface area contributed by atoms with E-state index in [1.165, 1.54) is 4.31 Å². The van der Waals surface area contributed by atoms with E-state index in [2.05, 4.69) is 10.3 Å². The summed E-state index contributed by atoms with van der Waals surface area (Å²) in [6, 6.07) is 11.4. The van der Waals surface area contributed by atoms with Crippen LogP contribution in [0.2, 0.25) is 0 Å². The Morgan fingerprint density at radius 3 is 2.42 bits per heavy atom. The molecule has 0 saturated carbocycles. The highest BCUT2D eigenvalue weighted by molar-refractivity contribution is 7.93. The van der Waals surface area contributed by atoms with Crippen LogP contribution in [-0.2, 0) is 17.1 Å². The van der Waals surface area contributed by atoms with Crippen LogP contribution in [0, 0.1) is 0 Å². The van der Waals surface area contributed by atoms with Gasteiger partial charge in [-0.15, -0.1) is 0 Å². The molecule has 1 aromatic heterocycles. The molecule has 0 aliphatic carbocycles. The topological polar surface area (TPSA) is 103 Å². The molecule has 2 heterocycles. The van der Waals surface area contributed by atoms with E-state index < -0.39 is 16.1 Å². The number of ether oxygens (including phenoxy) is 2. The van der Waals surface area contributed by atoms with Crippen LogP contribution < -0.4 is 19.1 Å². The van der Waals surface area contributed by atoms with Crippen molar-refractivity contribution in [2.75, 3.05) is 30.8 Å². The molecule has 0 unspecified atom stereocenters. The van der Waals surface area contributed by atoms with E-state index >= 15 is 0 Å². The summed E-state index contributed by atoms with van der Waals surface area (Å²) in [5, 5.41) is 3.03. The largest absolute Gasteiger partial charge is 0.497 e. The average molecular weight is 471 g/mol. The number of sulfonamides is 1. The fourth-order valence-corrected chi connectivity index (χ4v) is 5.45. The van der Waals surface area contributed by atoms with Gasteiger partial charge in [0.2, 0.25) is 10.0 Å². The van der Waals surface area contributed by atoms with Gasteiger partial charge in [-0.3, -0.25) is 9.10 Å². The highest BCUT2D eigenvalue weighted by atomic mass is 32.2. The maximum atomic E-state index is 13.3. The van der Waals surface area contributed by atoms with Crippen LogP contribution in [0.3, 0.4) is 0 Å². The number of carbonyl (C=O) groups is 1. The number of carbonyl (C=O) groups excluding carboxylic acids is 1. The van der Waals surface area contributed by atoms with Gasteiger partial charge in [-0.25, -0.2) is 13.4 Å². The zero-order valence-corrected chi connectivity index (χ0v) is 19.5. The van der Waals surface area contributed by atoms with E-state index in [9.17, 15) is 13.2 Å². The van der Waals surface area contributed by atoms with Gasteiger partial charge in [0.25, 0.3) is 5.91 Å². The van der Waals surface area contributed by atoms with Crippen molar-refractivity contribution in [2.24, 2.45) is 7.05 Å². The molecular weight excluding hydrogens is 444 g/mol. The molecule has 1 atom stereocenters. The Morgan fingerprint density at radius 2 is 1.85 bits per heavy atom. The van der Waals surface area contributed by atoms with E-state index in [0.29, 0.717) is 41.5 Å². The minimum absolute atomic E-state index is 0.113. The molecule has 4 rings (SSSR count). The Labute approximate surface area is 193 Å². The third-order valence-electron chi connectivity index (χ3n) is 5.59. The number of hydrogen-bond acceptors (Lipinski definition) is 6. The fourth-order valence-electron chi connectivity index (χ4n) is 3.89. The van der Waals surface area contributed by atoms with Crippen molar-refractivity contribution in [3.05, 3.63) is 71.8 Å². The van der Waals surface area contributed by atoms with Crippen LogP contribution in [0.4, 0.5) is 5.69 Å². The number of methoxy groups -OCH3 is 2. The predicted molar refractivity (Wildman–Crippen MR) is 124 cm³/mol. The lowest BCUT2D eigenvalue weighted by atomic mass is 10.0. The van der Waals surface area contributed by atoms with E-state index in [1.807, 2.05) is 23.7 Å². The summed E-state index contributed by atoms with van der Waals surface area (Å²) >= 11 is 0. The smallest absolute Gasteiger partial charge is 0.252 e. The second-order valence-corrected chi connectivity index (χ2v) is 9.75. The molecule has 0 bridgehead atoms. The number of nitrogens with zero attached hydrogens (tertiary/aromatic N) is 3. The first-order valence-corrected chi connectivity index (χ1v) is 12.0. The molecule has 1 aliphatic rings. The van der Waals surface area contributed by atoms with Crippen LogP contribution in [0.5, 0.6) is 11.5 Å². The maximum Gasteiger partial charge on any atom is 0.252 e. The zero-order chi connectivity index (χ0) is 23.6. The van der Waals surface area contributed by atoms with Crippen molar-refractivity contribution in [1.82, 2.24) is 14.9 Å². The molecule has 3 aromatic rings. The molecule has 0 spiro atoms. The van der Waals surface area contributed by atoms with E-state index in [4.69, 9.17) is 9.47 Å². The summed E-state index contributed by atoms with van der Waals surface area (Å²) in [4.78, 5) is 17.7. The fraction of sp³-hybridized carbons (Fsp3) is 0.304. The Balaban J connectivity index is 1.69. The predicted octanol–water partition coefficient (Wildman–Crippen LogP) is 2.50. The lowest BCUT2D eigenvalue weighted by molar-refractivity contribution is 0.0941. The van der Waals surface area contributed by atoms with Gasteiger partial charge in [0.05, 0.1) is 25.7 Å². The third kappa shape index (κ3) is 4.65. The van der Waals surface area contributed by atoms with Crippen molar-refractivity contribution in [2.45, 2.75) is 12.5 Å². The molecule has 1 fully saturated rings. The molecule has 10 heteroatoms. The molecule has 174 valence electrons. The molecule has 1 saturated heterocycles. The number of hydrogen-bond donors (Lipinski definition) is 1. The normalized spacial score (nSPS) is 15.8. The number of rotatable bonds is 7. The number of aromatic nitrogens is 2. The second kappa shape index (κ2) is 9.14. The highest BCUT2D eigenvalue weighted by Gasteiger charge is 2.29. The summed E-state index contributed by atoms with van der Waals surface area (Å²) in [5.41, 5.74) is 1.56. The Morgan fingerprint density at radius 1 is 1.12 bits per heavy atom. The summed E-state index contributed by atoms with van der Waals surface area (Å²) < 4.78 is 38.6. The minimum atomic E-state index is -3.34. The Kier molecular flexibility index (Phi) is 6.28. The summed E-state index contributed by atoms with van der Waals surface area (Å²) in [6.45, 7) is 0.410. The van der Waals surface area contributed by atoms with Gasteiger partial charge in [-0.2, -0.15) is 0 Å². The number of benzene rings is 2. The van der Waals surface area contributed by atoms with Crippen LogP contribution in [0.25, 0.3) is 0 Å².